The van der Waals surface area contributed by atoms with E-state index in [9.17, 15) is 13.2 Å². The molecule has 1 aromatic carbocycles. The number of hydrogen-bond acceptors (Lipinski definition) is 4. The lowest BCUT2D eigenvalue weighted by Crippen LogP contribution is -2.13. The van der Waals surface area contributed by atoms with Crippen LogP contribution in [0, 0.1) is 0 Å². The average molecular weight is 326 g/mol. The maximum atomic E-state index is 11.8. The van der Waals surface area contributed by atoms with E-state index in [0.29, 0.717) is 11.2 Å². The van der Waals surface area contributed by atoms with E-state index >= 15 is 0 Å². The summed E-state index contributed by atoms with van der Waals surface area (Å²) in [5, 5.41) is 0. The fraction of sp³-hybridized carbons (Fsp3) is 0.429. The number of sulfone groups is 1. The predicted octanol–water partition coefficient (Wildman–Crippen LogP) is 2.26. The summed E-state index contributed by atoms with van der Waals surface area (Å²) in [5.74, 6) is -0.137. The van der Waals surface area contributed by atoms with E-state index in [1.54, 1.807) is 18.2 Å². The minimum atomic E-state index is -3.23. The van der Waals surface area contributed by atoms with Crippen LogP contribution in [0.1, 0.15) is 26.2 Å². The Balaban J connectivity index is 2.50. The van der Waals surface area contributed by atoms with E-state index < -0.39 is 9.84 Å². The van der Waals surface area contributed by atoms with Crippen molar-refractivity contribution in [2.24, 2.45) is 12.0 Å². The van der Waals surface area contributed by atoms with Crippen LogP contribution < -0.4 is 4.80 Å². The van der Waals surface area contributed by atoms with Crippen LogP contribution in [-0.2, 0) is 21.7 Å². The van der Waals surface area contributed by atoms with Crippen LogP contribution in [0.2, 0.25) is 0 Å². The van der Waals surface area contributed by atoms with Crippen LogP contribution in [0.4, 0.5) is 0 Å². The molecule has 0 fully saturated rings. The Bertz CT molecular complexity index is 845. The Morgan fingerprint density at radius 2 is 2.10 bits per heavy atom. The van der Waals surface area contributed by atoms with E-state index in [4.69, 9.17) is 0 Å². The van der Waals surface area contributed by atoms with Crippen LogP contribution in [0.3, 0.4) is 0 Å². The molecule has 5 nitrogen and oxygen atoms in total. The lowest BCUT2D eigenvalue weighted by atomic mass is 10.2. The maximum absolute atomic E-state index is 11.8. The minimum absolute atomic E-state index is 0.137. The van der Waals surface area contributed by atoms with Gasteiger partial charge < -0.3 is 4.57 Å². The topological polar surface area (TPSA) is 68.5 Å². The van der Waals surface area contributed by atoms with E-state index in [1.807, 2.05) is 18.5 Å². The summed E-state index contributed by atoms with van der Waals surface area (Å²) in [5.41, 5.74) is 0.870. The molecule has 0 radical (unpaired) electrons. The predicted molar refractivity (Wildman–Crippen MR) is 84.0 cm³/mol. The lowest BCUT2D eigenvalue weighted by molar-refractivity contribution is -0.118. The van der Waals surface area contributed by atoms with Crippen molar-refractivity contribution in [2.75, 3.05) is 6.26 Å². The number of carbonyl (C=O) groups excluding carboxylic acids is 1. The van der Waals surface area contributed by atoms with Crippen molar-refractivity contribution in [3.05, 3.63) is 23.0 Å². The molecular weight excluding hydrogens is 308 g/mol. The van der Waals surface area contributed by atoms with Gasteiger partial charge in [0.25, 0.3) is 0 Å². The molecule has 0 saturated heterocycles. The first-order valence-corrected chi connectivity index (χ1v) is 9.41. The number of nitrogens with zero attached hydrogens (tertiary/aromatic N) is 2. The molecule has 0 unspecified atom stereocenters. The first-order valence-electron chi connectivity index (χ1n) is 6.70. The highest BCUT2D eigenvalue weighted by molar-refractivity contribution is 7.90. The summed E-state index contributed by atoms with van der Waals surface area (Å²) in [6, 6.07) is 4.95. The third-order valence-electron chi connectivity index (χ3n) is 3.17. The van der Waals surface area contributed by atoms with Gasteiger partial charge in [-0.2, -0.15) is 4.99 Å². The summed E-state index contributed by atoms with van der Waals surface area (Å²) in [7, 11) is -1.41. The number of unbranched alkanes of at least 4 members (excludes halogenated alkanes) is 1. The second kappa shape index (κ2) is 6.11. The van der Waals surface area contributed by atoms with Crippen LogP contribution in [0.15, 0.2) is 28.1 Å². The third-order valence-corrected chi connectivity index (χ3v) is 5.38. The monoisotopic (exact) mass is 326 g/mol. The van der Waals surface area contributed by atoms with Crippen molar-refractivity contribution in [1.82, 2.24) is 4.57 Å². The molecule has 1 aromatic heterocycles. The Morgan fingerprint density at radius 3 is 2.71 bits per heavy atom. The number of rotatable bonds is 4. The van der Waals surface area contributed by atoms with E-state index in [0.717, 1.165) is 23.1 Å². The number of aryl methyl sites for hydroxylation is 1. The zero-order valence-corrected chi connectivity index (χ0v) is 13.9. The molecule has 0 saturated carbocycles. The average Bonchev–Trinajstić information content (AvgIpc) is 2.72. The quantitative estimate of drug-likeness (QED) is 0.865. The van der Waals surface area contributed by atoms with E-state index in [2.05, 4.69) is 4.99 Å². The standard InChI is InChI=1S/C14H18N2O3S2/c1-4-5-6-13(17)15-14-16(2)11-8-7-10(21(3,18)19)9-12(11)20-14/h7-9H,4-6H2,1-3H3. The minimum Gasteiger partial charge on any atom is -0.319 e. The second-order valence-electron chi connectivity index (χ2n) is 4.95. The van der Waals surface area contributed by atoms with Crippen LogP contribution in [0.25, 0.3) is 10.2 Å². The van der Waals surface area contributed by atoms with Crippen molar-refractivity contribution in [2.45, 2.75) is 31.1 Å². The molecule has 0 bridgehead atoms. The number of aromatic nitrogens is 1. The summed E-state index contributed by atoms with van der Waals surface area (Å²) in [4.78, 5) is 16.7. The van der Waals surface area contributed by atoms with Crippen molar-refractivity contribution in [3.8, 4) is 0 Å². The number of thiazole rings is 1. The van der Waals surface area contributed by atoms with E-state index in [1.165, 1.54) is 17.6 Å². The Kier molecular flexibility index (Phi) is 4.63. The third kappa shape index (κ3) is 3.59. The maximum Gasteiger partial charge on any atom is 0.248 e. The number of benzene rings is 1. The number of hydrogen-bond donors (Lipinski definition) is 0. The molecule has 1 amide bonds. The molecule has 0 atom stereocenters. The van der Waals surface area contributed by atoms with Gasteiger partial charge in [0, 0.05) is 19.7 Å². The van der Waals surface area contributed by atoms with Gasteiger partial charge in [-0.15, -0.1) is 0 Å². The van der Waals surface area contributed by atoms with Gasteiger partial charge in [0.2, 0.25) is 5.91 Å². The fourth-order valence-corrected chi connectivity index (χ4v) is 3.74. The zero-order valence-electron chi connectivity index (χ0n) is 12.3. The van der Waals surface area contributed by atoms with Crippen molar-refractivity contribution in [3.63, 3.8) is 0 Å². The van der Waals surface area contributed by atoms with Gasteiger partial charge in [0.15, 0.2) is 14.6 Å². The van der Waals surface area contributed by atoms with Gasteiger partial charge >= 0.3 is 0 Å². The molecule has 21 heavy (non-hydrogen) atoms. The number of amides is 1. The highest BCUT2D eigenvalue weighted by Gasteiger charge is 2.11. The summed E-state index contributed by atoms with van der Waals surface area (Å²) < 4.78 is 25.8. The fourth-order valence-electron chi connectivity index (χ4n) is 1.94. The van der Waals surface area contributed by atoms with Crippen molar-refractivity contribution < 1.29 is 13.2 Å². The van der Waals surface area contributed by atoms with Gasteiger partial charge in [0.1, 0.15) is 0 Å². The normalized spacial score (nSPS) is 13.0. The highest BCUT2D eigenvalue weighted by atomic mass is 32.2. The van der Waals surface area contributed by atoms with Crippen LogP contribution in [0.5, 0.6) is 0 Å². The summed E-state index contributed by atoms with van der Waals surface area (Å²) in [6.07, 6.45) is 3.41. The van der Waals surface area contributed by atoms with Crippen LogP contribution in [-0.4, -0.2) is 25.1 Å². The Morgan fingerprint density at radius 1 is 1.38 bits per heavy atom. The molecule has 2 rings (SSSR count). The first kappa shape index (κ1) is 15.9. The molecule has 114 valence electrons. The molecule has 0 N–H and O–H groups in total. The molecular formula is C14H18N2O3S2. The summed E-state index contributed by atoms with van der Waals surface area (Å²) in [6.45, 7) is 2.03. The Hall–Kier alpha value is -1.47. The van der Waals surface area contributed by atoms with Gasteiger partial charge in [0.05, 0.1) is 15.1 Å². The molecule has 0 aliphatic heterocycles. The molecule has 0 spiro atoms. The summed E-state index contributed by atoms with van der Waals surface area (Å²) >= 11 is 1.33. The van der Waals surface area contributed by atoms with Crippen molar-refractivity contribution in [1.29, 1.82) is 0 Å². The zero-order chi connectivity index (χ0) is 15.6. The molecule has 0 aliphatic rings. The van der Waals surface area contributed by atoms with Gasteiger partial charge in [-0.3, -0.25) is 4.79 Å². The number of carbonyl (C=O) groups is 1. The van der Waals surface area contributed by atoms with Crippen molar-refractivity contribution >= 4 is 37.3 Å². The second-order valence-corrected chi connectivity index (χ2v) is 7.98. The first-order chi connectivity index (χ1) is 9.82. The molecule has 0 aliphatic carbocycles. The Labute approximate surface area is 127 Å². The molecule has 2 aromatic rings. The molecule has 7 heteroatoms. The number of fused-ring (bicyclic) bond motifs is 1. The lowest BCUT2D eigenvalue weighted by Gasteiger charge is -1.99. The molecule has 1 heterocycles. The largest absolute Gasteiger partial charge is 0.319 e. The van der Waals surface area contributed by atoms with E-state index in [-0.39, 0.29) is 10.8 Å². The smallest absolute Gasteiger partial charge is 0.248 e. The van der Waals surface area contributed by atoms with Gasteiger partial charge in [-0.05, 0) is 24.6 Å². The highest BCUT2D eigenvalue weighted by Crippen LogP contribution is 2.21. The van der Waals surface area contributed by atoms with Gasteiger partial charge in [-0.1, -0.05) is 24.7 Å². The van der Waals surface area contributed by atoms with Gasteiger partial charge in [-0.25, -0.2) is 8.42 Å². The SMILES string of the molecule is CCCCC(=O)N=c1sc2cc(S(C)(=O)=O)ccc2n1C. The van der Waals surface area contributed by atoms with Crippen LogP contribution >= 0.6 is 11.3 Å².